The molecule has 1 aliphatic rings. The summed E-state index contributed by atoms with van der Waals surface area (Å²) in [5.41, 5.74) is 0.868. The second kappa shape index (κ2) is 6.00. The highest BCUT2D eigenvalue weighted by Crippen LogP contribution is 2.21. The molecule has 20 heavy (non-hydrogen) atoms. The van der Waals surface area contributed by atoms with Crippen molar-refractivity contribution in [1.82, 2.24) is 9.80 Å². The molecular formula is C14H19N3O3. The molecule has 1 heterocycles. The van der Waals surface area contributed by atoms with Gasteiger partial charge in [0, 0.05) is 38.3 Å². The average Bonchev–Trinajstić information content (AvgIpc) is 2.46. The first-order valence-corrected chi connectivity index (χ1v) is 6.70. The standard InChI is InChI=1S/C14H19N3O3/c1-11(12-3-5-13(6-4-12)17(19)20)14(18)16-9-7-15(2)8-10-16/h3-6,11H,7-10H2,1-2H3. The predicted molar refractivity (Wildman–Crippen MR) is 75.6 cm³/mol. The Kier molecular flexibility index (Phi) is 4.34. The maximum atomic E-state index is 12.4. The molecule has 2 rings (SSSR count). The van der Waals surface area contributed by atoms with Gasteiger partial charge in [0.2, 0.25) is 5.91 Å². The minimum absolute atomic E-state index is 0.0491. The molecule has 0 saturated carbocycles. The third-order valence-corrected chi connectivity index (χ3v) is 3.79. The van der Waals surface area contributed by atoms with Gasteiger partial charge in [0.15, 0.2) is 0 Å². The monoisotopic (exact) mass is 277 g/mol. The number of non-ortho nitro benzene ring substituents is 1. The molecule has 0 bridgehead atoms. The number of likely N-dealkylation sites (N-methyl/N-ethyl adjacent to an activating group) is 1. The van der Waals surface area contributed by atoms with Crippen LogP contribution in [0.15, 0.2) is 24.3 Å². The topological polar surface area (TPSA) is 66.7 Å². The van der Waals surface area contributed by atoms with Crippen molar-refractivity contribution in [3.63, 3.8) is 0 Å². The van der Waals surface area contributed by atoms with E-state index in [1.807, 2.05) is 18.9 Å². The van der Waals surface area contributed by atoms with Crippen molar-refractivity contribution in [3.05, 3.63) is 39.9 Å². The molecule has 1 aromatic rings. The first-order chi connectivity index (χ1) is 9.49. The zero-order chi connectivity index (χ0) is 14.7. The van der Waals surface area contributed by atoms with Gasteiger partial charge in [-0.15, -0.1) is 0 Å². The minimum Gasteiger partial charge on any atom is -0.340 e. The summed E-state index contributed by atoms with van der Waals surface area (Å²) in [5, 5.41) is 10.6. The molecule has 6 heteroatoms. The van der Waals surface area contributed by atoms with E-state index in [1.54, 1.807) is 12.1 Å². The van der Waals surface area contributed by atoms with Gasteiger partial charge in [-0.1, -0.05) is 12.1 Å². The van der Waals surface area contributed by atoms with Crippen LogP contribution < -0.4 is 0 Å². The highest BCUT2D eigenvalue weighted by atomic mass is 16.6. The third kappa shape index (κ3) is 3.14. The van der Waals surface area contributed by atoms with Crippen LogP contribution in [-0.2, 0) is 4.79 Å². The van der Waals surface area contributed by atoms with Crippen molar-refractivity contribution in [3.8, 4) is 0 Å². The SMILES string of the molecule is CC(C(=O)N1CCN(C)CC1)c1ccc([N+](=O)[O-])cc1. The number of carbonyl (C=O) groups excluding carboxylic acids is 1. The molecule has 0 N–H and O–H groups in total. The maximum Gasteiger partial charge on any atom is 0.269 e. The van der Waals surface area contributed by atoms with E-state index < -0.39 is 4.92 Å². The Hall–Kier alpha value is -1.95. The number of hydrogen-bond acceptors (Lipinski definition) is 4. The summed E-state index contributed by atoms with van der Waals surface area (Å²) in [6, 6.07) is 6.22. The normalized spacial score (nSPS) is 17.8. The van der Waals surface area contributed by atoms with Crippen LogP contribution in [0.1, 0.15) is 18.4 Å². The van der Waals surface area contributed by atoms with Gasteiger partial charge in [-0.05, 0) is 19.5 Å². The molecule has 0 aromatic heterocycles. The molecule has 1 aromatic carbocycles. The van der Waals surface area contributed by atoms with Gasteiger partial charge in [0.1, 0.15) is 0 Å². The summed E-state index contributed by atoms with van der Waals surface area (Å²) in [7, 11) is 2.04. The Labute approximate surface area is 118 Å². The number of nitro groups is 1. The van der Waals surface area contributed by atoms with E-state index in [9.17, 15) is 14.9 Å². The van der Waals surface area contributed by atoms with Crippen LogP contribution in [0.3, 0.4) is 0 Å². The van der Waals surface area contributed by atoms with Crippen molar-refractivity contribution < 1.29 is 9.72 Å². The Morgan fingerprint density at radius 2 is 1.75 bits per heavy atom. The zero-order valence-electron chi connectivity index (χ0n) is 11.8. The smallest absolute Gasteiger partial charge is 0.269 e. The summed E-state index contributed by atoms with van der Waals surface area (Å²) < 4.78 is 0. The molecular weight excluding hydrogens is 258 g/mol. The molecule has 0 radical (unpaired) electrons. The summed E-state index contributed by atoms with van der Waals surface area (Å²) in [5.74, 6) is -0.175. The summed E-state index contributed by atoms with van der Waals surface area (Å²) in [4.78, 5) is 26.6. The molecule has 1 atom stereocenters. The van der Waals surface area contributed by atoms with Crippen LogP contribution in [0.5, 0.6) is 0 Å². The number of amides is 1. The lowest BCUT2D eigenvalue weighted by Gasteiger charge is -2.34. The van der Waals surface area contributed by atoms with Gasteiger partial charge in [-0.2, -0.15) is 0 Å². The second-order valence-electron chi connectivity index (χ2n) is 5.20. The lowest BCUT2D eigenvalue weighted by atomic mass is 9.99. The highest BCUT2D eigenvalue weighted by molar-refractivity contribution is 5.83. The molecule has 1 unspecified atom stereocenters. The third-order valence-electron chi connectivity index (χ3n) is 3.79. The Morgan fingerprint density at radius 1 is 1.20 bits per heavy atom. The molecule has 1 fully saturated rings. The molecule has 1 aliphatic heterocycles. The molecule has 1 amide bonds. The minimum atomic E-state index is -0.434. The fourth-order valence-corrected chi connectivity index (χ4v) is 2.33. The van der Waals surface area contributed by atoms with E-state index in [1.165, 1.54) is 12.1 Å². The van der Waals surface area contributed by atoms with Gasteiger partial charge < -0.3 is 9.80 Å². The summed E-state index contributed by atoms with van der Waals surface area (Å²) in [6.45, 7) is 5.11. The maximum absolute atomic E-state index is 12.4. The number of benzene rings is 1. The summed E-state index contributed by atoms with van der Waals surface area (Å²) in [6.07, 6.45) is 0. The molecule has 108 valence electrons. The van der Waals surface area contributed by atoms with Gasteiger partial charge in [0.25, 0.3) is 5.69 Å². The van der Waals surface area contributed by atoms with Crippen molar-refractivity contribution in [2.24, 2.45) is 0 Å². The van der Waals surface area contributed by atoms with Crippen molar-refractivity contribution in [2.75, 3.05) is 33.2 Å². The van der Waals surface area contributed by atoms with Crippen LogP contribution in [-0.4, -0.2) is 53.9 Å². The second-order valence-corrected chi connectivity index (χ2v) is 5.20. The van der Waals surface area contributed by atoms with Gasteiger partial charge in [-0.25, -0.2) is 0 Å². The van der Waals surface area contributed by atoms with Gasteiger partial charge in [0.05, 0.1) is 10.8 Å². The average molecular weight is 277 g/mol. The number of hydrogen-bond donors (Lipinski definition) is 0. The van der Waals surface area contributed by atoms with Crippen molar-refractivity contribution in [2.45, 2.75) is 12.8 Å². The predicted octanol–water partition coefficient (Wildman–Crippen LogP) is 1.47. The lowest BCUT2D eigenvalue weighted by Crippen LogP contribution is -2.48. The number of nitrogens with zero attached hydrogens (tertiary/aromatic N) is 3. The Balaban J connectivity index is 2.04. The van der Waals surface area contributed by atoms with Crippen LogP contribution in [0.4, 0.5) is 5.69 Å². The van der Waals surface area contributed by atoms with Crippen LogP contribution in [0.2, 0.25) is 0 Å². The fourth-order valence-electron chi connectivity index (χ4n) is 2.33. The lowest BCUT2D eigenvalue weighted by molar-refractivity contribution is -0.384. The van der Waals surface area contributed by atoms with E-state index in [2.05, 4.69) is 4.90 Å². The number of nitro benzene ring substituents is 1. The van der Waals surface area contributed by atoms with Gasteiger partial charge in [-0.3, -0.25) is 14.9 Å². The van der Waals surface area contributed by atoms with Crippen LogP contribution >= 0.6 is 0 Å². The van der Waals surface area contributed by atoms with Crippen LogP contribution in [0, 0.1) is 10.1 Å². The first kappa shape index (κ1) is 14.5. The highest BCUT2D eigenvalue weighted by Gasteiger charge is 2.24. The zero-order valence-corrected chi connectivity index (χ0v) is 11.8. The fraction of sp³-hybridized carbons (Fsp3) is 0.500. The van der Waals surface area contributed by atoms with Crippen molar-refractivity contribution >= 4 is 11.6 Å². The number of piperazine rings is 1. The largest absolute Gasteiger partial charge is 0.340 e. The van der Waals surface area contributed by atoms with Crippen molar-refractivity contribution in [1.29, 1.82) is 0 Å². The van der Waals surface area contributed by atoms with E-state index in [0.29, 0.717) is 0 Å². The first-order valence-electron chi connectivity index (χ1n) is 6.70. The Bertz CT molecular complexity index is 493. The molecule has 0 spiro atoms. The molecule has 1 saturated heterocycles. The van der Waals surface area contributed by atoms with E-state index >= 15 is 0 Å². The summed E-state index contributed by atoms with van der Waals surface area (Å²) >= 11 is 0. The molecule has 6 nitrogen and oxygen atoms in total. The molecule has 0 aliphatic carbocycles. The number of carbonyl (C=O) groups is 1. The van der Waals surface area contributed by atoms with E-state index in [0.717, 1.165) is 31.7 Å². The Morgan fingerprint density at radius 3 is 2.25 bits per heavy atom. The quantitative estimate of drug-likeness (QED) is 0.620. The van der Waals surface area contributed by atoms with E-state index in [-0.39, 0.29) is 17.5 Å². The van der Waals surface area contributed by atoms with Crippen LogP contribution in [0.25, 0.3) is 0 Å². The van der Waals surface area contributed by atoms with E-state index in [4.69, 9.17) is 0 Å². The number of rotatable bonds is 3. The van der Waals surface area contributed by atoms with Gasteiger partial charge >= 0.3 is 0 Å².